The monoisotopic (exact) mass is 500 g/mol. The first-order valence-corrected chi connectivity index (χ1v) is 9.94. The van der Waals surface area contributed by atoms with Crippen molar-refractivity contribution in [2.24, 2.45) is 4.99 Å². The van der Waals surface area contributed by atoms with Gasteiger partial charge in [0.2, 0.25) is 5.91 Å². The number of guanidine groups is 1. The highest BCUT2D eigenvalue weighted by atomic mass is 127. The van der Waals surface area contributed by atoms with Gasteiger partial charge in [-0.2, -0.15) is 0 Å². The van der Waals surface area contributed by atoms with Crippen LogP contribution in [0.25, 0.3) is 0 Å². The van der Waals surface area contributed by atoms with Gasteiger partial charge in [-0.25, -0.2) is 4.99 Å². The number of amides is 1. The average molecular weight is 500 g/mol. The lowest BCUT2D eigenvalue weighted by Gasteiger charge is -2.11. The Morgan fingerprint density at radius 3 is 2.44 bits per heavy atom. The minimum atomic E-state index is 0. The second-order valence-corrected chi connectivity index (χ2v) is 7.07. The molecule has 148 valence electrons. The lowest BCUT2D eigenvalue weighted by Crippen LogP contribution is -2.36. The molecule has 1 amide bonds. The summed E-state index contributed by atoms with van der Waals surface area (Å²) >= 11 is 1.75. The van der Waals surface area contributed by atoms with Crippen molar-refractivity contribution in [3.8, 4) is 0 Å². The van der Waals surface area contributed by atoms with Gasteiger partial charge in [-0.15, -0.1) is 35.3 Å². The molecule has 0 fully saturated rings. The molecule has 1 heterocycles. The highest BCUT2D eigenvalue weighted by Crippen LogP contribution is 2.15. The zero-order chi connectivity index (χ0) is 18.8. The zero-order valence-corrected chi connectivity index (χ0v) is 19.3. The Morgan fingerprint density at radius 2 is 1.85 bits per heavy atom. The normalized spacial score (nSPS) is 10.9. The van der Waals surface area contributed by atoms with Crippen LogP contribution in [0, 0.1) is 6.92 Å². The van der Waals surface area contributed by atoms with Gasteiger partial charge >= 0.3 is 0 Å². The van der Waals surface area contributed by atoms with Crippen LogP contribution in [0.15, 0.2) is 40.7 Å². The molecule has 2 aromatic rings. The smallest absolute Gasteiger partial charge is 0.224 e. The minimum absolute atomic E-state index is 0. The molecule has 1 aromatic carbocycles. The molecule has 7 heteroatoms. The van der Waals surface area contributed by atoms with Crippen molar-refractivity contribution in [1.29, 1.82) is 0 Å². The summed E-state index contributed by atoms with van der Waals surface area (Å²) in [5, 5.41) is 11.7. The molecule has 0 atom stereocenters. The van der Waals surface area contributed by atoms with Crippen molar-refractivity contribution in [3.63, 3.8) is 0 Å². The fourth-order valence-corrected chi connectivity index (χ4v) is 3.25. The largest absolute Gasteiger partial charge is 0.357 e. The molecule has 0 unspecified atom stereocenters. The van der Waals surface area contributed by atoms with Crippen LogP contribution in [0.5, 0.6) is 0 Å². The molecule has 0 spiro atoms. The number of carbonyl (C=O) groups is 1. The topological polar surface area (TPSA) is 65.5 Å². The van der Waals surface area contributed by atoms with Crippen LogP contribution in [-0.4, -0.2) is 18.4 Å². The molecule has 0 saturated heterocycles. The van der Waals surface area contributed by atoms with Crippen LogP contribution in [0.1, 0.15) is 42.7 Å². The molecule has 2 rings (SSSR count). The average Bonchev–Trinajstić information content (AvgIpc) is 3.04. The van der Waals surface area contributed by atoms with Gasteiger partial charge in [0.25, 0.3) is 0 Å². The van der Waals surface area contributed by atoms with Crippen molar-refractivity contribution in [1.82, 2.24) is 10.6 Å². The Bertz CT molecular complexity index is 728. The maximum Gasteiger partial charge on any atom is 0.224 e. The number of aliphatic imine (C=N–C) groups is 1. The van der Waals surface area contributed by atoms with Crippen LogP contribution in [0.2, 0.25) is 0 Å². The van der Waals surface area contributed by atoms with Crippen LogP contribution in [0.3, 0.4) is 0 Å². The van der Waals surface area contributed by atoms with E-state index in [1.807, 2.05) is 31.2 Å². The number of aryl methyl sites for hydroxylation is 1. The quantitative estimate of drug-likeness (QED) is 0.281. The first kappa shape index (κ1) is 23.4. The van der Waals surface area contributed by atoms with Crippen LogP contribution >= 0.6 is 35.3 Å². The van der Waals surface area contributed by atoms with Crippen molar-refractivity contribution in [2.75, 3.05) is 11.9 Å². The Hall–Kier alpha value is -1.61. The molecule has 27 heavy (non-hydrogen) atoms. The molecule has 0 aliphatic carbocycles. The van der Waals surface area contributed by atoms with Crippen LogP contribution in [0.4, 0.5) is 5.69 Å². The van der Waals surface area contributed by atoms with Gasteiger partial charge in [-0.3, -0.25) is 4.79 Å². The van der Waals surface area contributed by atoms with Crippen molar-refractivity contribution < 1.29 is 4.79 Å². The Labute approximate surface area is 183 Å². The van der Waals surface area contributed by atoms with Crippen LogP contribution in [-0.2, 0) is 17.9 Å². The predicted molar refractivity (Wildman–Crippen MR) is 126 cm³/mol. The molecular weight excluding hydrogens is 471 g/mol. The highest BCUT2D eigenvalue weighted by Gasteiger charge is 2.03. The van der Waals surface area contributed by atoms with Gasteiger partial charge in [0.15, 0.2) is 5.96 Å². The van der Waals surface area contributed by atoms with E-state index in [2.05, 4.69) is 46.2 Å². The van der Waals surface area contributed by atoms with E-state index in [4.69, 9.17) is 0 Å². The van der Waals surface area contributed by atoms with Gasteiger partial charge in [0.05, 0.1) is 13.1 Å². The Balaban J connectivity index is 0.00000364. The van der Waals surface area contributed by atoms with E-state index in [9.17, 15) is 4.79 Å². The number of halogens is 1. The number of hydrogen-bond donors (Lipinski definition) is 3. The van der Waals surface area contributed by atoms with E-state index in [1.165, 1.54) is 10.4 Å². The molecular formula is C20H29IN4OS. The summed E-state index contributed by atoms with van der Waals surface area (Å²) in [7, 11) is 0. The van der Waals surface area contributed by atoms with Gasteiger partial charge in [0, 0.05) is 23.5 Å². The second-order valence-electron chi connectivity index (χ2n) is 6.07. The number of nitrogens with zero attached hydrogens (tertiary/aromatic N) is 1. The molecule has 0 aliphatic heterocycles. The molecule has 0 saturated carbocycles. The van der Waals surface area contributed by atoms with E-state index >= 15 is 0 Å². The summed E-state index contributed by atoms with van der Waals surface area (Å²) in [6.07, 6.45) is 1.40. The first-order valence-electron chi connectivity index (χ1n) is 9.06. The van der Waals surface area contributed by atoms with Crippen LogP contribution < -0.4 is 16.0 Å². The van der Waals surface area contributed by atoms with Gasteiger partial charge in [-0.1, -0.05) is 19.1 Å². The molecule has 0 aliphatic rings. The fraction of sp³-hybridized carbons (Fsp3) is 0.400. The van der Waals surface area contributed by atoms with E-state index in [0.717, 1.165) is 36.7 Å². The Morgan fingerprint density at radius 1 is 1.11 bits per heavy atom. The molecule has 5 nitrogen and oxygen atoms in total. The molecule has 3 N–H and O–H groups in total. The maximum absolute atomic E-state index is 11.6. The summed E-state index contributed by atoms with van der Waals surface area (Å²) in [6.45, 7) is 8.35. The molecule has 0 radical (unpaired) electrons. The third-order valence-corrected chi connectivity index (χ3v) is 4.89. The van der Waals surface area contributed by atoms with Gasteiger partial charge in [0.1, 0.15) is 0 Å². The summed E-state index contributed by atoms with van der Waals surface area (Å²) in [5.41, 5.74) is 3.23. The summed E-state index contributed by atoms with van der Waals surface area (Å²) in [4.78, 5) is 17.6. The van der Waals surface area contributed by atoms with Crippen molar-refractivity contribution in [2.45, 2.75) is 46.7 Å². The van der Waals surface area contributed by atoms with Crippen molar-refractivity contribution in [3.05, 3.63) is 51.7 Å². The number of thiophene rings is 1. The number of hydrogen-bond acceptors (Lipinski definition) is 3. The number of anilines is 1. The Kier molecular flexibility index (Phi) is 11.0. The lowest BCUT2D eigenvalue weighted by molar-refractivity contribution is -0.116. The maximum atomic E-state index is 11.6. The predicted octanol–water partition coefficient (Wildman–Crippen LogP) is 4.67. The fourth-order valence-electron chi connectivity index (χ4n) is 2.41. The van der Waals surface area contributed by atoms with E-state index < -0.39 is 0 Å². The van der Waals surface area contributed by atoms with Gasteiger partial charge in [-0.05, 0) is 55.0 Å². The summed E-state index contributed by atoms with van der Waals surface area (Å²) in [6, 6.07) is 9.98. The number of carbonyl (C=O) groups excluding carboxylic acids is 1. The minimum Gasteiger partial charge on any atom is -0.357 e. The van der Waals surface area contributed by atoms with Gasteiger partial charge < -0.3 is 16.0 Å². The summed E-state index contributed by atoms with van der Waals surface area (Å²) < 4.78 is 0. The highest BCUT2D eigenvalue weighted by molar-refractivity contribution is 14.0. The SMILES string of the molecule is CCCC(=O)Nc1ccc(CN=C(NCC)NCc2sccc2C)cc1.I. The van der Waals surface area contributed by atoms with E-state index in [1.54, 1.807) is 11.3 Å². The number of benzene rings is 1. The number of nitrogens with one attached hydrogen (secondary N) is 3. The van der Waals surface area contributed by atoms with Crippen molar-refractivity contribution >= 4 is 52.9 Å². The number of rotatable bonds is 8. The second kappa shape index (κ2) is 12.7. The van der Waals surface area contributed by atoms with E-state index in [-0.39, 0.29) is 29.9 Å². The molecule has 0 bridgehead atoms. The lowest BCUT2D eigenvalue weighted by atomic mass is 10.2. The zero-order valence-electron chi connectivity index (χ0n) is 16.2. The molecule has 1 aromatic heterocycles. The first-order chi connectivity index (χ1) is 12.6. The third-order valence-electron chi connectivity index (χ3n) is 3.86. The summed E-state index contributed by atoms with van der Waals surface area (Å²) in [5.74, 6) is 0.862. The third kappa shape index (κ3) is 8.30. The standard InChI is InChI=1S/C20H28N4OS.HI/c1-4-6-19(25)24-17-9-7-16(8-10-17)13-22-20(21-5-2)23-14-18-15(3)11-12-26-18;/h7-12H,4-6,13-14H2,1-3H3,(H,24,25)(H2,21,22,23);1H. The van der Waals surface area contributed by atoms with E-state index in [0.29, 0.717) is 13.0 Å².